The molecule has 0 saturated carbocycles. The Bertz CT molecular complexity index is 1710. The van der Waals surface area contributed by atoms with Gasteiger partial charge in [0.1, 0.15) is 11.9 Å². The van der Waals surface area contributed by atoms with E-state index in [0.717, 1.165) is 10.8 Å². The van der Waals surface area contributed by atoms with Gasteiger partial charge in [0.15, 0.2) is 5.75 Å². The molecule has 0 bridgehead atoms. The molecule has 11 heteroatoms. The van der Waals surface area contributed by atoms with E-state index in [1.54, 1.807) is 68.4 Å². The minimum atomic E-state index is -0.573. The Morgan fingerprint density at radius 1 is 0.978 bits per heavy atom. The van der Waals surface area contributed by atoms with Gasteiger partial charge in [0.2, 0.25) is 0 Å². The summed E-state index contributed by atoms with van der Waals surface area (Å²) in [5, 5.41) is 20.5. The SMILES string of the molecule is COc1ccc(NC(=O)Nc2cccc3c2O[C@H](CN(C)C(=O)Nc2cccc4ccccc24)[C@H](C)CN([C@H](C)CO)C3=O)cc1. The minimum Gasteiger partial charge on any atom is -0.497 e. The van der Waals surface area contributed by atoms with Gasteiger partial charge in [0.05, 0.1) is 43.2 Å². The maximum atomic E-state index is 13.8. The maximum absolute atomic E-state index is 13.8. The number of methoxy groups -OCH3 is 1. The van der Waals surface area contributed by atoms with Crippen LogP contribution in [-0.4, -0.2) is 78.9 Å². The van der Waals surface area contributed by atoms with Crippen molar-refractivity contribution in [3.05, 3.63) is 90.5 Å². The van der Waals surface area contributed by atoms with Crippen molar-refractivity contribution < 1.29 is 29.0 Å². The van der Waals surface area contributed by atoms with Crippen LogP contribution in [-0.2, 0) is 0 Å². The smallest absolute Gasteiger partial charge is 0.323 e. The van der Waals surface area contributed by atoms with Crippen molar-refractivity contribution in [2.75, 3.05) is 49.8 Å². The van der Waals surface area contributed by atoms with Gasteiger partial charge in [-0.15, -0.1) is 0 Å². The van der Waals surface area contributed by atoms with E-state index in [4.69, 9.17) is 9.47 Å². The molecule has 1 heterocycles. The number of amides is 5. The number of hydrogen-bond donors (Lipinski definition) is 4. The van der Waals surface area contributed by atoms with Crippen LogP contribution in [0.15, 0.2) is 84.9 Å². The molecule has 0 spiro atoms. The number of likely N-dealkylation sites (N-methyl/N-ethyl adjacent to an activating group) is 1. The van der Waals surface area contributed by atoms with Crippen LogP contribution in [0.5, 0.6) is 11.5 Å². The van der Waals surface area contributed by atoms with E-state index in [-0.39, 0.29) is 48.0 Å². The highest BCUT2D eigenvalue weighted by Crippen LogP contribution is 2.35. The first-order valence-electron chi connectivity index (χ1n) is 15.1. The fraction of sp³-hybridized carbons (Fsp3) is 0.286. The summed E-state index contributed by atoms with van der Waals surface area (Å²) in [7, 11) is 3.24. The van der Waals surface area contributed by atoms with E-state index in [9.17, 15) is 19.5 Å². The fourth-order valence-electron chi connectivity index (χ4n) is 5.42. The van der Waals surface area contributed by atoms with Crippen LogP contribution >= 0.6 is 0 Å². The molecule has 0 fully saturated rings. The van der Waals surface area contributed by atoms with Gasteiger partial charge in [-0.05, 0) is 54.8 Å². The number of nitrogens with zero attached hydrogens (tertiary/aromatic N) is 2. The number of carbonyl (C=O) groups excluding carboxylic acids is 3. The third-order valence-electron chi connectivity index (χ3n) is 8.12. The van der Waals surface area contributed by atoms with E-state index in [1.165, 1.54) is 4.90 Å². The summed E-state index contributed by atoms with van der Waals surface area (Å²) in [6.07, 6.45) is -0.573. The maximum Gasteiger partial charge on any atom is 0.323 e. The lowest BCUT2D eigenvalue weighted by Gasteiger charge is -2.38. The molecule has 3 atom stereocenters. The number of benzene rings is 4. The summed E-state index contributed by atoms with van der Waals surface area (Å²) < 4.78 is 11.7. The summed E-state index contributed by atoms with van der Waals surface area (Å²) in [5.41, 5.74) is 1.76. The molecule has 0 saturated heterocycles. The first-order chi connectivity index (χ1) is 22.2. The van der Waals surface area contributed by atoms with E-state index in [0.29, 0.717) is 23.7 Å². The van der Waals surface area contributed by atoms with Gasteiger partial charge in [0.25, 0.3) is 5.91 Å². The highest BCUT2D eigenvalue weighted by molar-refractivity contribution is 6.04. The summed E-state index contributed by atoms with van der Waals surface area (Å²) in [5.74, 6) is 0.259. The van der Waals surface area contributed by atoms with Gasteiger partial charge in [-0.25, -0.2) is 9.59 Å². The van der Waals surface area contributed by atoms with Crippen molar-refractivity contribution in [3.8, 4) is 11.5 Å². The molecule has 11 nitrogen and oxygen atoms in total. The Kier molecular flexibility index (Phi) is 9.92. The zero-order valence-corrected chi connectivity index (χ0v) is 26.3. The number of nitrogens with one attached hydrogen (secondary N) is 3. The van der Waals surface area contributed by atoms with Crippen LogP contribution < -0.4 is 25.4 Å². The number of carbonyl (C=O) groups is 3. The van der Waals surface area contributed by atoms with Crippen LogP contribution in [0, 0.1) is 5.92 Å². The van der Waals surface area contributed by atoms with Crippen molar-refractivity contribution in [2.24, 2.45) is 5.92 Å². The van der Waals surface area contributed by atoms with Crippen LogP contribution in [0.4, 0.5) is 26.7 Å². The van der Waals surface area contributed by atoms with Gasteiger partial charge in [-0.2, -0.15) is 0 Å². The van der Waals surface area contributed by atoms with E-state index in [1.807, 2.05) is 49.4 Å². The molecule has 0 aromatic heterocycles. The third kappa shape index (κ3) is 7.16. The Morgan fingerprint density at radius 2 is 1.67 bits per heavy atom. The van der Waals surface area contributed by atoms with Crippen LogP contribution in [0.2, 0.25) is 0 Å². The Labute approximate surface area is 268 Å². The van der Waals surface area contributed by atoms with Gasteiger partial charge < -0.3 is 40.3 Å². The lowest BCUT2D eigenvalue weighted by molar-refractivity contribution is 0.0373. The van der Waals surface area contributed by atoms with Gasteiger partial charge in [-0.1, -0.05) is 49.4 Å². The summed E-state index contributed by atoms with van der Waals surface area (Å²) in [4.78, 5) is 43.4. The van der Waals surface area contributed by atoms with Crippen molar-refractivity contribution in [1.82, 2.24) is 9.80 Å². The van der Waals surface area contributed by atoms with Crippen LogP contribution in [0.3, 0.4) is 0 Å². The molecule has 4 aromatic carbocycles. The van der Waals surface area contributed by atoms with Gasteiger partial charge in [0, 0.05) is 30.6 Å². The summed E-state index contributed by atoms with van der Waals surface area (Å²) in [6, 6.07) is 24.0. The Hall–Kier alpha value is -5.29. The largest absolute Gasteiger partial charge is 0.497 e. The zero-order valence-electron chi connectivity index (χ0n) is 26.3. The molecular formula is C35H39N5O6. The van der Waals surface area contributed by atoms with Crippen molar-refractivity contribution in [1.29, 1.82) is 0 Å². The number of fused-ring (bicyclic) bond motifs is 2. The number of urea groups is 2. The van der Waals surface area contributed by atoms with E-state index < -0.39 is 18.2 Å². The highest BCUT2D eigenvalue weighted by atomic mass is 16.5. The predicted octanol–water partition coefficient (Wildman–Crippen LogP) is 5.88. The quantitative estimate of drug-likeness (QED) is 0.194. The Morgan fingerprint density at radius 3 is 2.41 bits per heavy atom. The van der Waals surface area contributed by atoms with Crippen molar-refractivity contribution >= 4 is 45.8 Å². The van der Waals surface area contributed by atoms with Crippen LogP contribution in [0.25, 0.3) is 10.8 Å². The molecule has 1 aliphatic heterocycles. The second kappa shape index (κ2) is 14.2. The van der Waals surface area contributed by atoms with Crippen molar-refractivity contribution in [3.63, 3.8) is 0 Å². The molecule has 4 N–H and O–H groups in total. The van der Waals surface area contributed by atoms with Gasteiger partial charge in [-0.3, -0.25) is 4.79 Å². The molecule has 5 amide bonds. The predicted molar refractivity (Wildman–Crippen MR) is 179 cm³/mol. The lowest BCUT2D eigenvalue weighted by Crippen LogP contribution is -2.50. The topological polar surface area (TPSA) is 132 Å². The highest BCUT2D eigenvalue weighted by Gasteiger charge is 2.35. The molecule has 0 unspecified atom stereocenters. The fourth-order valence-corrected chi connectivity index (χ4v) is 5.42. The number of ether oxygens (including phenoxy) is 2. The molecule has 1 aliphatic rings. The summed E-state index contributed by atoms with van der Waals surface area (Å²) >= 11 is 0. The molecule has 4 aromatic rings. The van der Waals surface area contributed by atoms with E-state index >= 15 is 0 Å². The number of aliphatic hydroxyl groups excluding tert-OH is 1. The number of aliphatic hydroxyl groups is 1. The zero-order chi connectivity index (χ0) is 32.8. The molecule has 0 radical (unpaired) electrons. The number of rotatable bonds is 8. The second-order valence-electron chi connectivity index (χ2n) is 11.4. The number of hydrogen-bond acceptors (Lipinski definition) is 6. The average Bonchev–Trinajstić information content (AvgIpc) is 3.06. The van der Waals surface area contributed by atoms with Gasteiger partial charge >= 0.3 is 12.1 Å². The molecule has 5 rings (SSSR count). The third-order valence-corrected chi connectivity index (χ3v) is 8.12. The average molecular weight is 626 g/mol. The molecule has 0 aliphatic carbocycles. The monoisotopic (exact) mass is 625 g/mol. The Balaban J connectivity index is 1.40. The standard InChI is InChI=1S/C35H39N5O6/c1-22-19-40(23(2)21-41)33(42)28-12-8-14-30(37-34(43)36-25-15-17-26(45-4)18-16-25)32(28)46-31(22)20-39(3)35(44)38-29-13-7-10-24-9-5-6-11-27(24)29/h5-18,22-23,31,41H,19-21H2,1-4H3,(H,38,44)(H2,36,37,43)/t22-,23-,31-/m1/s1. The van der Waals surface area contributed by atoms with Crippen LogP contribution in [0.1, 0.15) is 24.2 Å². The lowest BCUT2D eigenvalue weighted by atomic mass is 9.99. The molecule has 240 valence electrons. The number of para-hydroxylation sites is 1. The first kappa shape index (κ1) is 32.1. The molecular weight excluding hydrogens is 586 g/mol. The van der Waals surface area contributed by atoms with E-state index in [2.05, 4.69) is 16.0 Å². The first-order valence-corrected chi connectivity index (χ1v) is 15.1. The second-order valence-corrected chi connectivity index (χ2v) is 11.4. The van der Waals surface area contributed by atoms with Crippen molar-refractivity contribution in [2.45, 2.75) is 26.0 Å². The number of anilines is 3. The summed E-state index contributed by atoms with van der Waals surface area (Å²) in [6.45, 7) is 3.95. The molecule has 46 heavy (non-hydrogen) atoms. The normalized spacial score (nSPS) is 16.7. The minimum absolute atomic E-state index is 0.180.